The standard InChI is InChI=1S/C12H13NO2.C6H8N2.C5H10O.C4H9NO.C3H7NO.C3H8S.C3H8/c1-2-3-8-13-11(14)9-6-4-5-7-10(9)12(13)15;1-7-6-4-2-3-5-8-6;1-5(2)3-4-6;1-3-4(6)5-2;1-3(5)4-2;1-3-4-2;1-3-2/h4-7H,2-3,8H2,1H3;2-5H,1H3,(H,7,8);4-5H,3H2,1-2H3;3H2,1-2H3,(H,5,6);1-2H3,(H,4,5);3H2,1-2H3;3H2,1-2H3. The molecule has 11 heteroatoms. The zero-order valence-electron chi connectivity index (χ0n) is 31.1. The molecule has 268 valence electrons. The van der Waals surface area contributed by atoms with Gasteiger partial charge in [0, 0.05) is 53.6 Å². The minimum absolute atomic E-state index is 0.00463. The van der Waals surface area contributed by atoms with Crippen LogP contribution in [0, 0.1) is 5.92 Å². The summed E-state index contributed by atoms with van der Waals surface area (Å²) in [4.78, 5) is 58.3. The van der Waals surface area contributed by atoms with Crippen LogP contribution in [0.4, 0.5) is 5.82 Å². The summed E-state index contributed by atoms with van der Waals surface area (Å²) < 4.78 is 0. The average Bonchev–Trinajstić information content (AvgIpc) is 3.33. The largest absolute Gasteiger partial charge is 0.373 e. The number of hydrogen-bond donors (Lipinski definition) is 3. The van der Waals surface area contributed by atoms with Gasteiger partial charge in [-0.05, 0) is 48.6 Å². The number of fused-ring (bicyclic) bond motifs is 1. The van der Waals surface area contributed by atoms with E-state index in [1.807, 2.05) is 64.7 Å². The van der Waals surface area contributed by atoms with Gasteiger partial charge in [0.2, 0.25) is 11.8 Å². The van der Waals surface area contributed by atoms with Crippen molar-refractivity contribution < 1.29 is 24.0 Å². The molecule has 1 aliphatic rings. The monoisotopic (exact) mass is 677 g/mol. The maximum Gasteiger partial charge on any atom is 0.261 e. The van der Waals surface area contributed by atoms with E-state index >= 15 is 0 Å². The first-order chi connectivity index (χ1) is 22.4. The lowest BCUT2D eigenvalue weighted by Crippen LogP contribution is -2.30. The molecule has 0 fully saturated rings. The highest BCUT2D eigenvalue weighted by atomic mass is 32.2. The molecule has 0 unspecified atom stereocenters. The summed E-state index contributed by atoms with van der Waals surface area (Å²) in [5.74, 6) is 2.48. The van der Waals surface area contributed by atoms with Gasteiger partial charge in [0.1, 0.15) is 12.1 Å². The average molecular weight is 678 g/mol. The second-order valence-electron chi connectivity index (χ2n) is 10.0. The molecule has 0 aliphatic carbocycles. The van der Waals surface area contributed by atoms with Gasteiger partial charge in [0.15, 0.2) is 0 Å². The minimum Gasteiger partial charge on any atom is -0.373 e. The van der Waals surface area contributed by atoms with Gasteiger partial charge in [-0.15, -0.1) is 0 Å². The summed E-state index contributed by atoms with van der Waals surface area (Å²) in [6, 6.07) is 12.7. The summed E-state index contributed by atoms with van der Waals surface area (Å²) in [6.45, 7) is 16.3. The van der Waals surface area contributed by atoms with E-state index in [1.54, 1.807) is 44.6 Å². The number of carbonyl (C=O) groups is 5. The van der Waals surface area contributed by atoms with E-state index in [9.17, 15) is 24.0 Å². The van der Waals surface area contributed by atoms with Crippen molar-refractivity contribution in [2.75, 3.05) is 45.0 Å². The molecule has 0 atom stereocenters. The van der Waals surface area contributed by atoms with Gasteiger partial charge in [0.05, 0.1) is 11.1 Å². The first-order valence-corrected chi connectivity index (χ1v) is 17.6. The number of unbranched alkanes of at least 4 members (excludes halogenated alkanes) is 1. The zero-order chi connectivity index (χ0) is 37.0. The van der Waals surface area contributed by atoms with Crippen LogP contribution in [-0.2, 0) is 14.4 Å². The Morgan fingerprint density at radius 2 is 1.36 bits per heavy atom. The van der Waals surface area contributed by atoms with Crippen LogP contribution in [-0.4, -0.2) is 79.5 Å². The maximum absolute atomic E-state index is 11.8. The van der Waals surface area contributed by atoms with E-state index < -0.39 is 0 Å². The third-order valence-electron chi connectivity index (χ3n) is 5.34. The Labute approximate surface area is 289 Å². The number of thioether (sulfide) groups is 1. The molecular weight excluding hydrogens is 614 g/mol. The fraction of sp³-hybridized carbons (Fsp3) is 0.556. The van der Waals surface area contributed by atoms with Crippen LogP contribution in [0.5, 0.6) is 0 Å². The van der Waals surface area contributed by atoms with E-state index in [4.69, 9.17) is 0 Å². The molecule has 3 N–H and O–H groups in total. The van der Waals surface area contributed by atoms with Crippen LogP contribution in [0.1, 0.15) is 108 Å². The molecular formula is C36H63N5O5S. The molecule has 0 saturated carbocycles. The van der Waals surface area contributed by atoms with Crippen molar-refractivity contribution in [3.05, 3.63) is 59.8 Å². The highest BCUT2D eigenvalue weighted by Crippen LogP contribution is 2.22. The number of aldehydes is 1. The van der Waals surface area contributed by atoms with Crippen LogP contribution in [0.25, 0.3) is 0 Å². The second kappa shape index (κ2) is 36.7. The highest BCUT2D eigenvalue weighted by Gasteiger charge is 2.34. The fourth-order valence-electron chi connectivity index (χ4n) is 2.64. The summed E-state index contributed by atoms with van der Waals surface area (Å²) in [5.41, 5.74) is 1.08. The summed E-state index contributed by atoms with van der Waals surface area (Å²) in [7, 11) is 5.08. The molecule has 1 aromatic heterocycles. The van der Waals surface area contributed by atoms with Crippen molar-refractivity contribution in [2.45, 2.75) is 87.5 Å². The normalized spacial score (nSPS) is 10.0. The van der Waals surface area contributed by atoms with Gasteiger partial charge < -0.3 is 20.7 Å². The Morgan fingerprint density at radius 1 is 0.894 bits per heavy atom. The van der Waals surface area contributed by atoms with Gasteiger partial charge in [0.25, 0.3) is 11.8 Å². The minimum atomic E-state index is -0.149. The molecule has 10 nitrogen and oxygen atoms in total. The lowest BCUT2D eigenvalue weighted by Gasteiger charge is -2.12. The Balaban J connectivity index is -0.000000249. The van der Waals surface area contributed by atoms with Crippen LogP contribution in [0.15, 0.2) is 48.7 Å². The third-order valence-corrected chi connectivity index (χ3v) is 5.92. The van der Waals surface area contributed by atoms with Crippen LogP contribution >= 0.6 is 11.8 Å². The Kier molecular flexibility index (Phi) is 39.2. The van der Waals surface area contributed by atoms with Gasteiger partial charge in [-0.1, -0.05) is 79.5 Å². The number of amides is 4. The second-order valence-corrected chi connectivity index (χ2v) is 11.2. The number of benzene rings is 1. The van der Waals surface area contributed by atoms with Crippen molar-refractivity contribution in [3.63, 3.8) is 0 Å². The van der Waals surface area contributed by atoms with Crippen LogP contribution < -0.4 is 16.0 Å². The van der Waals surface area contributed by atoms with E-state index in [1.165, 1.54) is 24.0 Å². The number of nitrogens with zero attached hydrogens (tertiary/aromatic N) is 2. The highest BCUT2D eigenvalue weighted by molar-refractivity contribution is 7.98. The predicted molar refractivity (Wildman–Crippen MR) is 200 cm³/mol. The SMILES string of the molecule is CC(C)CC=O.CCC.CCC(=O)NC.CCCCN1C(=O)c2ccccc2C1=O.CCSC.CNC(C)=O.CNc1ccccn1. The molecule has 1 aromatic carbocycles. The quantitative estimate of drug-likeness (QED) is 0.198. The number of hydrogen-bond acceptors (Lipinski definition) is 8. The summed E-state index contributed by atoms with van der Waals surface area (Å²) >= 11 is 1.86. The topological polar surface area (TPSA) is 138 Å². The summed E-state index contributed by atoms with van der Waals surface area (Å²) in [6.07, 6.45) is 9.17. The fourth-order valence-corrected chi connectivity index (χ4v) is 2.64. The van der Waals surface area contributed by atoms with Crippen molar-refractivity contribution in [3.8, 4) is 0 Å². The molecule has 0 radical (unpaired) electrons. The van der Waals surface area contributed by atoms with Crippen LogP contribution in [0.3, 0.4) is 0 Å². The van der Waals surface area contributed by atoms with Crippen molar-refractivity contribution in [1.29, 1.82) is 0 Å². The Bertz CT molecular complexity index is 1030. The molecule has 47 heavy (non-hydrogen) atoms. The molecule has 0 bridgehead atoms. The Morgan fingerprint density at radius 3 is 1.57 bits per heavy atom. The molecule has 3 rings (SSSR count). The van der Waals surface area contributed by atoms with Gasteiger partial charge >= 0.3 is 0 Å². The van der Waals surface area contributed by atoms with E-state index in [-0.39, 0.29) is 23.6 Å². The number of pyridine rings is 1. The number of carbonyl (C=O) groups excluding carboxylic acids is 5. The van der Waals surface area contributed by atoms with Crippen LogP contribution in [0.2, 0.25) is 0 Å². The zero-order valence-corrected chi connectivity index (χ0v) is 31.9. The Hall–Kier alpha value is -3.73. The van der Waals surface area contributed by atoms with Crippen molar-refractivity contribution in [2.24, 2.45) is 5.92 Å². The number of rotatable bonds is 8. The molecule has 0 saturated heterocycles. The van der Waals surface area contributed by atoms with E-state index in [0.717, 1.165) is 24.9 Å². The lowest BCUT2D eigenvalue weighted by molar-refractivity contribution is -0.120. The molecule has 2 aromatic rings. The number of anilines is 1. The van der Waals surface area contributed by atoms with Gasteiger partial charge in [-0.3, -0.25) is 24.1 Å². The van der Waals surface area contributed by atoms with E-state index in [2.05, 4.69) is 48.0 Å². The van der Waals surface area contributed by atoms with Gasteiger partial charge in [-0.25, -0.2) is 4.98 Å². The maximum atomic E-state index is 11.8. The molecule has 1 aliphatic heterocycles. The molecule has 4 amide bonds. The molecule has 0 spiro atoms. The first-order valence-electron chi connectivity index (χ1n) is 16.2. The summed E-state index contributed by atoms with van der Waals surface area (Å²) in [5, 5.41) is 7.78. The van der Waals surface area contributed by atoms with Gasteiger partial charge in [-0.2, -0.15) is 11.8 Å². The van der Waals surface area contributed by atoms with E-state index in [0.29, 0.717) is 36.4 Å². The lowest BCUT2D eigenvalue weighted by atomic mass is 10.1. The van der Waals surface area contributed by atoms with Crippen molar-refractivity contribution in [1.82, 2.24) is 20.5 Å². The number of nitrogens with one attached hydrogen (secondary N) is 3. The number of imide groups is 1. The molecule has 2 heterocycles. The third kappa shape index (κ3) is 30.7. The predicted octanol–water partition coefficient (Wildman–Crippen LogP) is 7.12. The smallest absolute Gasteiger partial charge is 0.261 e. The number of aromatic nitrogens is 1. The first kappa shape index (κ1) is 50.1. The van der Waals surface area contributed by atoms with Crippen molar-refractivity contribution >= 4 is 47.5 Å².